The van der Waals surface area contributed by atoms with Crippen LogP contribution >= 0.6 is 23.1 Å². The minimum Gasteiger partial charge on any atom is -0.497 e. The van der Waals surface area contributed by atoms with Gasteiger partial charge in [-0.15, -0.1) is 21.5 Å². The highest BCUT2D eigenvalue weighted by Crippen LogP contribution is 2.39. The molecule has 1 aliphatic rings. The molecule has 0 bridgehead atoms. The lowest BCUT2D eigenvalue weighted by molar-refractivity contribution is 0.102. The Kier molecular flexibility index (Phi) is 4.75. The summed E-state index contributed by atoms with van der Waals surface area (Å²) in [6, 6.07) is 7.16. The molecule has 0 N–H and O–H groups in total. The Bertz CT molecular complexity index is 1210. The third kappa shape index (κ3) is 3.30. The van der Waals surface area contributed by atoms with E-state index in [0.717, 1.165) is 40.4 Å². The van der Waals surface area contributed by atoms with Gasteiger partial charge in [0.15, 0.2) is 16.6 Å². The first kappa shape index (κ1) is 18.6. The number of thioether (sulfide) groups is 1. The van der Waals surface area contributed by atoms with Crippen molar-refractivity contribution in [1.82, 2.24) is 19.6 Å². The summed E-state index contributed by atoms with van der Waals surface area (Å²) in [6.07, 6.45) is 5.17. The summed E-state index contributed by atoms with van der Waals surface area (Å²) in [7, 11) is 1.61. The number of carbonyl (C=O) groups excluding carboxylic acids is 1. The number of Topliss-reactive ketones (excluding diaryl/α,β-unsaturated/α-hetero) is 1. The average molecular weight is 425 g/mol. The standard InChI is InChI=1S/C21H20N4O2S2/c1-12-3-8-15-17(9-12)29-20-18(15)19-23-24-21(25(19)11-22-20)28-10-16(26)13-4-6-14(27-2)7-5-13/h4-7,11-12H,3,8-10H2,1-2H3/t12-/m0/s1. The summed E-state index contributed by atoms with van der Waals surface area (Å²) in [4.78, 5) is 19.7. The van der Waals surface area contributed by atoms with Crippen molar-refractivity contribution >= 4 is 44.7 Å². The molecule has 1 aliphatic carbocycles. The van der Waals surface area contributed by atoms with Crippen LogP contribution in [0.5, 0.6) is 5.75 Å². The number of nitrogens with zero attached hydrogens (tertiary/aromatic N) is 4. The van der Waals surface area contributed by atoms with Crippen LogP contribution in [0, 0.1) is 5.92 Å². The Morgan fingerprint density at radius 2 is 2.14 bits per heavy atom. The van der Waals surface area contributed by atoms with E-state index >= 15 is 0 Å². The molecule has 5 rings (SSSR count). The molecule has 1 atom stereocenters. The van der Waals surface area contributed by atoms with Gasteiger partial charge in [0, 0.05) is 10.4 Å². The van der Waals surface area contributed by atoms with Crippen molar-refractivity contribution < 1.29 is 9.53 Å². The van der Waals surface area contributed by atoms with Crippen molar-refractivity contribution in [2.45, 2.75) is 31.3 Å². The van der Waals surface area contributed by atoms with Crippen LogP contribution in [0.15, 0.2) is 35.7 Å². The van der Waals surface area contributed by atoms with E-state index in [-0.39, 0.29) is 5.78 Å². The van der Waals surface area contributed by atoms with E-state index in [9.17, 15) is 4.79 Å². The summed E-state index contributed by atoms with van der Waals surface area (Å²) < 4.78 is 7.06. The van der Waals surface area contributed by atoms with Gasteiger partial charge in [-0.2, -0.15) is 0 Å². The fourth-order valence-corrected chi connectivity index (χ4v) is 5.95. The van der Waals surface area contributed by atoms with Gasteiger partial charge in [0.05, 0.1) is 18.2 Å². The third-order valence-electron chi connectivity index (χ3n) is 5.42. The SMILES string of the molecule is COc1ccc(C(=O)CSc2nnc3c4c5c(sc4ncn23)C[C@@H](C)CC5)cc1. The van der Waals surface area contributed by atoms with E-state index in [0.29, 0.717) is 16.5 Å². The number of hydrogen-bond donors (Lipinski definition) is 0. The second-order valence-corrected chi connectivity index (χ2v) is 9.42. The number of aromatic nitrogens is 4. The van der Waals surface area contributed by atoms with Gasteiger partial charge in [0.25, 0.3) is 0 Å². The molecule has 0 amide bonds. The number of carbonyl (C=O) groups is 1. The second kappa shape index (κ2) is 7.42. The number of aryl methyl sites for hydroxylation is 1. The lowest BCUT2D eigenvalue weighted by Crippen LogP contribution is -2.08. The van der Waals surface area contributed by atoms with Crippen LogP contribution in [-0.4, -0.2) is 38.2 Å². The molecule has 0 saturated carbocycles. The summed E-state index contributed by atoms with van der Waals surface area (Å²) in [5.41, 5.74) is 2.90. The molecule has 1 aromatic carbocycles. The maximum atomic E-state index is 12.5. The maximum absolute atomic E-state index is 12.5. The number of hydrogen-bond acceptors (Lipinski definition) is 7. The molecule has 29 heavy (non-hydrogen) atoms. The number of benzene rings is 1. The first-order valence-electron chi connectivity index (χ1n) is 9.58. The third-order valence-corrected chi connectivity index (χ3v) is 7.52. The lowest BCUT2D eigenvalue weighted by Gasteiger charge is -2.17. The highest BCUT2D eigenvalue weighted by atomic mass is 32.2. The van der Waals surface area contributed by atoms with Gasteiger partial charge in [-0.1, -0.05) is 18.7 Å². The van der Waals surface area contributed by atoms with Gasteiger partial charge in [0.1, 0.15) is 16.9 Å². The molecule has 6 nitrogen and oxygen atoms in total. The van der Waals surface area contributed by atoms with Crippen molar-refractivity contribution in [3.05, 3.63) is 46.6 Å². The van der Waals surface area contributed by atoms with Crippen LogP contribution in [-0.2, 0) is 12.8 Å². The predicted octanol–water partition coefficient (Wildman–Crippen LogP) is 4.45. The number of thiophene rings is 1. The topological polar surface area (TPSA) is 69.4 Å². The van der Waals surface area contributed by atoms with Gasteiger partial charge in [0.2, 0.25) is 0 Å². The van der Waals surface area contributed by atoms with E-state index < -0.39 is 0 Å². The highest BCUT2D eigenvalue weighted by Gasteiger charge is 2.24. The molecule has 0 saturated heterocycles. The van der Waals surface area contributed by atoms with Crippen molar-refractivity contribution in [3.63, 3.8) is 0 Å². The number of rotatable bonds is 5. The average Bonchev–Trinajstić information content (AvgIpc) is 3.32. The van der Waals surface area contributed by atoms with Gasteiger partial charge < -0.3 is 4.74 Å². The first-order chi connectivity index (χ1) is 14.1. The minimum atomic E-state index is 0.0466. The largest absolute Gasteiger partial charge is 0.497 e. The van der Waals surface area contributed by atoms with Gasteiger partial charge in [-0.3, -0.25) is 9.20 Å². The van der Waals surface area contributed by atoms with Crippen LogP contribution in [0.4, 0.5) is 0 Å². The number of ketones is 1. The molecule has 0 unspecified atom stereocenters. The summed E-state index contributed by atoms with van der Waals surface area (Å²) in [5, 5.41) is 10.6. The van der Waals surface area contributed by atoms with E-state index in [1.807, 2.05) is 4.40 Å². The van der Waals surface area contributed by atoms with Crippen molar-refractivity contribution in [2.24, 2.45) is 5.92 Å². The molecule has 8 heteroatoms. The monoisotopic (exact) mass is 424 g/mol. The molecular formula is C21H20N4O2S2. The van der Waals surface area contributed by atoms with Crippen LogP contribution in [0.2, 0.25) is 0 Å². The number of ether oxygens (including phenoxy) is 1. The fraction of sp³-hybridized carbons (Fsp3) is 0.333. The van der Waals surface area contributed by atoms with Crippen molar-refractivity contribution in [1.29, 1.82) is 0 Å². The fourth-order valence-electron chi connectivity index (χ4n) is 3.81. The second-order valence-electron chi connectivity index (χ2n) is 7.39. The Morgan fingerprint density at radius 1 is 1.31 bits per heavy atom. The Morgan fingerprint density at radius 3 is 2.93 bits per heavy atom. The zero-order valence-corrected chi connectivity index (χ0v) is 17.8. The first-order valence-corrected chi connectivity index (χ1v) is 11.4. The van der Waals surface area contributed by atoms with E-state index in [4.69, 9.17) is 4.74 Å². The number of fused-ring (bicyclic) bond motifs is 5. The molecule has 3 heterocycles. The Balaban J connectivity index is 1.42. The summed E-state index contributed by atoms with van der Waals surface area (Å²) in [6.45, 7) is 2.31. The van der Waals surface area contributed by atoms with Gasteiger partial charge >= 0.3 is 0 Å². The molecule has 0 radical (unpaired) electrons. The smallest absolute Gasteiger partial charge is 0.197 e. The quantitative estimate of drug-likeness (QED) is 0.348. The van der Waals surface area contributed by atoms with Crippen LogP contribution in [0.25, 0.3) is 15.9 Å². The van der Waals surface area contributed by atoms with E-state index in [2.05, 4.69) is 22.1 Å². The van der Waals surface area contributed by atoms with Crippen LogP contribution in [0.1, 0.15) is 34.1 Å². The molecule has 148 valence electrons. The van der Waals surface area contributed by atoms with E-state index in [1.165, 1.54) is 28.6 Å². The molecule has 0 spiro atoms. The van der Waals surface area contributed by atoms with Gasteiger partial charge in [-0.25, -0.2) is 4.98 Å². The van der Waals surface area contributed by atoms with Gasteiger partial charge in [-0.05, 0) is 55.0 Å². The normalized spacial score (nSPS) is 16.3. The maximum Gasteiger partial charge on any atom is 0.197 e. The lowest BCUT2D eigenvalue weighted by atomic mass is 9.89. The van der Waals surface area contributed by atoms with Crippen molar-refractivity contribution in [2.75, 3.05) is 12.9 Å². The zero-order valence-electron chi connectivity index (χ0n) is 16.2. The molecule has 0 fully saturated rings. The van der Waals surface area contributed by atoms with E-state index in [1.54, 1.807) is 49.0 Å². The van der Waals surface area contributed by atoms with Crippen molar-refractivity contribution in [3.8, 4) is 5.75 Å². The number of methoxy groups -OCH3 is 1. The molecule has 3 aromatic heterocycles. The zero-order chi connectivity index (χ0) is 20.0. The molecule has 0 aliphatic heterocycles. The molecule has 4 aromatic rings. The molecular weight excluding hydrogens is 404 g/mol. The van der Waals surface area contributed by atoms with Crippen LogP contribution < -0.4 is 4.74 Å². The van der Waals surface area contributed by atoms with Crippen LogP contribution in [0.3, 0.4) is 0 Å². The highest BCUT2D eigenvalue weighted by molar-refractivity contribution is 7.99. The Hall–Kier alpha value is -2.45. The predicted molar refractivity (Wildman–Crippen MR) is 115 cm³/mol. The summed E-state index contributed by atoms with van der Waals surface area (Å²) in [5.74, 6) is 1.80. The summed E-state index contributed by atoms with van der Waals surface area (Å²) >= 11 is 3.17. The Labute approximate surface area is 176 Å². The minimum absolute atomic E-state index is 0.0466.